The van der Waals surface area contributed by atoms with Crippen molar-refractivity contribution in [3.8, 4) is 11.1 Å². The van der Waals surface area contributed by atoms with Gasteiger partial charge >= 0.3 is 0 Å². The molecule has 0 radical (unpaired) electrons. The highest BCUT2D eigenvalue weighted by molar-refractivity contribution is 6.19. The van der Waals surface area contributed by atoms with E-state index < -0.39 is 0 Å². The van der Waals surface area contributed by atoms with Gasteiger partial charge in [0.15, 0.2) is 0 Å². The van der Waals surface area contributed by atoms with E-state index in [4.69, 9.17) is 4.42 Å². The number of hydrogen-bond acceptors (Lipinski definition) is 2. The maximum Gasteiger partial charge on any atom is 0.136 e. The zero-order valence-corrected chi connectivity index (χ0v) is 28.9. The fourth-order valence-electron chi connectivity index (χ4n) is 8.29. The standard InChI is InChI=1S/C50H37NO/c1-3-12-35(13-4-1)45-32-39(38-23-22-37-27-31-49-50(46(37)33-38)44-19-9-10-21-48(44)52-49)26-30-47(45)51(40-16-5-2-6-17-40)41-28-24-36(25-29-41)43-20-11-15-34-14-7-8-18-42(34)43/h2-3,5-19,21-33,43H,1,4,20H2. The Bertz CT molecular complexity index is 2710. The van der Waals surface area contributed by atoms with E-state index in [9.17, 15) is 0 Å². The molecule has 2 heteroatoms. The van der Waals surface area contributed by atoms with Crippen molar-refractivity contribution in [2.45, 2.75) is 25.2 Å². The number of allylic oxidation sites excluding steroid dienone is 5. The van der Waals surface area contributed by atoms with Gasteiger partial charge in [-0.3, -0.25) is 0 Å². The number of rotatable bonds is 6. The number of furan rings is 1. The maximum absolute atomic E-state index is 6.26. The summed E-state index contributed by atoms with van der Waals surface area (Å²) in [6.45, 7) is 0. The van der Waals surface area contributed by atoms with Crippen molar-refractivity contribution in [2.75, 3.05) is 4.90 Å². The fourth-order valence-corrected chi connectivity index (χ4v) is 8.29. The first kappa shape index (κ1) is 30.4. The van der Waals surface area contributed by atoms with Gasteiger partial charge in [-0.2, -0.15) is 0 Å². The molecular formula is C50H37NO. The van der Waals surface area contributed by atoms with Crippen LogP contribution in [-0.2, 0) is 0 Å². The van der Waals surface area contributed by atoms with Gasteiger partial charge in [0, 0.05) is 33.6 Å². The van der Waals surface area contributed by atoms with Gasteiger partial charge < -0.3 is 9.32 Å². The molecule has 0 saturated heterocycles. The Balaban J connectivity index is 1.11. The summed E-state index contributed by atoms with van der Waals surface area (Å²) in [7, 11) is 0. The van der Waals surface area contributed by atoms with Crippen LogP contribution in [0.25, 0.3) is 55.5 Å². The van der Waals surface area contributed by atoms with E-state index in [0.29, 0.717) is 5.92 Å². The van der Waals surface area contributed by atoms with Crippen molar-refractivity contribution in [3.63, 3.8) is 0 Å². The van der Waals surface area contributed by atoms with Crippen LogP contribution in [0, 0.1) is 0 Å². The molecule has 52 heavy (non-hydrogen) atoms. The first-order valence-corrected chi connectivity index (χ1v) is 18.3. The highest BCUT2D eigenvalue weighted by Crippen LogP contribution is 2.44. The molecule has 0 fully saturated rings. The van der Waals surface area contributed by atoms with E-state index in [0.717, 1.165) is 52.9 Å². The second kappa shape index (κ2) is 12.7. The molecule has 1 unspecified atom stereocenters. The maximum atomic E-state index is 6.26. The minimum absolute atomic E-state index is 0.357. The van der Waals surface area contributed by atoms with Crippen molar-refractivity contribution >= 4 is 61.4 Å². The summed E-state index contributed by atoms with van der Waals surface area (Å²) in [5.41, 5.74) is 14.2. The molecule has 7 aromatic carbocycles. The van der Waals surface area contributed by atoms with E-state index >= 15 is 0 Å². The van der Waals surface area contributed by atoms with Crippen LogP contribution in [0.4, 0.5) is 17.1 Å². The summed E-state index contributed by atoms with van der Waals surface area (Å²) < 4.78 is 6.26. The van der Waals surface area contributed by atoms with E-state index in [1.54, 1.807) is 0 Å². The fraction of sp³-hybridized carbons (Fsp3) is 0.0800. The molecule has 1 atom stereocenters. The molecule has 0 N–H and O–H groups in total. The average Bonchev–Trinajstić information content (AvgIpc) is 3.61. The van der Waals surface area contributed by atoms with Gasteiger partial charge in [-0.15, -0.1) is 0 Å². The summed E-state index contributed by atoms with van der Waals surface area (Å²) in [5.74, 6) is 0.357. The van der Waals surface area contributed by atoms with Gasteiger partial charge in [0.1, 0.15) is 11.2 Å². The van der Waals surface area contributed by atoms with E-state index in [-0.39, 0.29) is 0 Å². The normalized spacial score (nSPS) is 15.2. The highest BCUT2D eigenvalue weighted by atomic mass is 16.3. The topological polar surface area (TPSA) is 16.4 Å². The molecule has 1 aromatic heterocycles. The van der Waals surface area contributed by atoms with Crippen LogP contribution in [0.1, 0.15) is 47.4 Å². The number of anilines is 3. The minimum atomic E-state index is 0.357. The van der Waals surface area contributed by atoms with Gasteiger partial charge in [0.25, 0.3) is 0 Å². The molecule has 0 spiro atoms. The number of para-hydroxylation sites is 2. The third kappa shape index (κ3) is 5.27. The van der Waals surface area contributed by atoms with Crippen molar-refractivity contribution in [2.24, 2.45) is 0 Å². The lowest BCUT2D eigenvalue weighted by molar-refractivity contribution is 0.669. The second-order valence-corrected chi connectivity index (χ2v) is 13.9. The highest BCUT2D eigenvalue weighted by Gasteiger charge is 2.22. The van der Waals surface area contributed by atoms with Crippen LogP contribution >= 0.6 is 0 Å². The molecule has 2 aliphatic carbocycles. The summed E-state index contributed by atoms with van der Waals surface area (Å²) in [6, 6.07) is 55.3. The number of nitrogens with zero attached hydrogens (tertiary/aromatic N) is 1. The molecule has 0 aliphatic heterocycles. The van der Waals surface area contributed by atoms with Gasteiger partial charge in [-0.1, -0.05) is 127 Å². The van der Waals surface area contributed by atoms with Crippen LogP contribution in [0.3, 0.4) is 0 Å². The summed E-state index contributed by atoms with van der Waals surface area (Å²) in [6.07, 6.45) is 14.7. The van der Waals surface area contributed by atoms with Crippen LogP contribution in [0.15, 0.2) is 180 Å². The zero-order chi connectivity index (χ0) is 34.4. The predicted octanol–water partition coefficient (Wildman–Crippen LogP) is 14.2. The van der Waals surface area contributed by atoms with Crippen molar-refractivity contribution in [1.82, 2.24) is 0 Å². The average molecular weight is 668 g/mol. The number of hydrogen-bond donors (Lipinski definition) is 0. The summed E-state index contributed by atoms with van der Waals surface area (Å²) >= 11 is 0. The predicted molar refractivity (Wildman–Crippen MR) is 220 cm³/mol. The van der Waals surface area contributed by atoms with Gasteiger partial charge in [-0.25, -0.2) is 0 Å². The first-order valence-electron chi connectivity index (χ1n) is 18.3. The summed E-state index contributed by atoms with van der Waals surface area (Å²) in [4.78, 5) is 2.42. The molecule has 0 amide bonds. The molecular weight excluding hydrogens is 631 g/mol. The smallest absolute Gasteiger partial charge is 0.136 e. The first-order chi connectivity index (χ1) is 25.8. The number of benzene rings is 7. The quantitative estimate of drug-likeness (QED) is 0.175. The zero-order valence-electron chi connectivity index (χ0n) is 28.9. The van der Waals surface area contributed by atoms with Crippen molar-refractivity contribution in [3.05, 3.63) is 198 Å². The molecule has 2 aliphatic rings. The number of fused-ring (bicyclic) bond motifs is 6. The molecule has 248 valence electrons. The largest absolute Gasteiger partial charge is 0.456 e. The van der Waals surface area contributed by atoms with Gasteiger partial charge in [0.05, 0.1) is 5.69 Å². The van der Waals surface area contributed by atoms with Crippen LogP contribution in [0.2, 0.25) is 0 Å². The molecule has 1 heterocycles. The van der Waals surface area contributed by atoms with E-state index in [1.807, 2.05) is 6.07 Å². The van der Waals surface area contributed by atoms with E-state index in [1.165, 1.54) is 55.1 Å². The Morgan fingerprint density at radius 2 is 1.33 bits per heavy atom. The molecule has 10 rings (SSSR count). The Morgan fingerprint density at radius 1 is 0.558 bits per heavy atom. The monoisotopic (exact) mass is 667 g/mol. The Hall–Kier alpha value is -6.38. The lowest BCUT2D eigenvalue weighted by Gasteiger charge is -2.29. The van der Waals surface area contributed by atoms with Crippen LogP contribution in [0.5, 0.6) is 0 Å². The minimum Gasteiger partial charge on any atom is -0.456 e. The molecule has 0 bridgehead atoms. The van der Waals surface area contributed by atoms with Crippen LogP contribution in [-0.4, -0.2) is 0 Å². The van der Waals surface area contributed by atoms with Gasteiger partial charge in [0.2, 0.25) is 0 Å². The van der Waals surface area contributed by atoms with Gasteiger partial charge in [-0.05, 0) is 118 Å². The summed E-state index contributed by atoms with van der Waals surface area (Å²) in [5, 5.41) is 4.76. The molecule has 0 saturated carbocycles. The third-order valence-electron chi connectivity index (χ3n) is 10.8. The van der Waals surface area contributed by atoms with Crippen molar-refractivity contribution in [1.29, 1.82) is 0 Å². The third-order valence-corrected chi connectivity index (χ3v) is 10.8. The lowest BCUT2D eigenvalue weighted by Crippen LogP contribution is -2.13. The Kier molecular flexibility index (Phi) is 7.46. The Morgan fingerprint density at radius 3 is 2.21 bits per heavy atom. The lowest BCUT2D eigenvalue weighted by atomic mass is 9.82. The van der Waals surface area contributed by atoms with Crippen molar-refractivity contribution < 1.29 is 4.42 Å². The molecule has 2 nitrogen and oxygen atoms in total. The Labute approximate surface area is 304 Å². The van der Waals surface area contributed by atoms with E-state index in [2.05, 4.69) is 181 Å². The SMILES string of the molecule is C1=CC(c2cc(-c3ccc4ccc5oc6ccccc6c5c4c3)ccc2N(c2ccccc2)c2ccc(C3CC=Cc4ccccc43)cc2)=CCC1. The van der Waals surface area contributed by atoms with Crippen LogP contribution < -0.4 is 4.90 Å². The molecule has 8 aromatic rings. The second-order valence-electron chi connectivity index (χ2n) is 13.9.